The van der Waals surface area contributed by atoms with Crippen LogP contribution in [0.3, 0.4) is 0 Å². The third-order valence-electron chi connectivity index (χ3n) is 3.54. The van der Waals surface area contributed by atoms with E-state index in [1.807, 2.05) is 24.5 Å². The van der Waals surface area contributed by atoms with Gasteiger partial charge in [0.2, 0.25) is 0 Å². The van der Waals surface area contributed by atoms with Crippen molar-refractivity contribution in [2.24, 2.45) is 0 Å². The highest BCUT2D eigenvalue weighted by atomic mass is 15.0. The largest absolute Gasteiger partial charge is 0.399 e. The van der Waals surface area contributed by atoms with Gasteiger partial charge in [0.05, 0.1) is 11.9 Å². The number of nitrogens with zero attached hydrogens (tertiary/aromatic N) is 2. The number of imidazole rings is 1. The standard InChI is InChI=1S/C13H18N4/c14-10-5-6-17-12(9-16-13(17)7-10)8-15-11-3-1-2-4-11/h5-7,9,11,15H,1-4,8,14H2. The summed E-state index contributed by atoms with van der Waals surface area (Å²) in [6.45, 7) is 0.885. The molecule has 2 heterocycles. The fourth-order valence-corrected chi connectivity index (χ4v) is 2.56. The smallest absolute Gasteiger partial charge is 0.138 e. The van der Waals surface area contributed by atoms with E-state index in [4.69, 9.17) is 5.73 Å². The first-order valence-electron chi connectivity index (χ1n) is 6.28. The Morgan fingerprint density at radius 2 is 2.24 bits per heavy atom. The van der Waals surface area contributed by atoms with Crippen molar-refractivity contribution in [3.8, 4) is 0 Å². The summed E-state index contributed by atoms with van der Waals surface area (Å²) in [5.74, 6) is 0. The van der Waals surface area contributed by atoms with Gasteiger partial charge >= 0.3 is 0 Å². The number of hydrogen-bond acceptors (Lipinski definition) is 3. The van der Waals surface area contributed by atoms with E-state index < -0.39 is 0 Å². The van der Waals surface area contributed by atoms with Crippen molar-refractivity contribution in [3.63, 3.8) is 0 Å². The molecule has 2 aromatic heterocycles. The monoisotopic (exact) mass is 230 g/mol. The minimum atomic E-state index is 0.689. The molecule has 2 aromatic rings. The van der Waals surface area contributed by atoms with Crippen LogP contribution in [0.5, 0.6) is 0 Å². The Labute approximate surface area is 101 Å². The van der Waals surface area contributed by atoms with Crippen molar-refractivity contribution in [2.45, 2.75) is 38.3 Å². The Hall–Kier alpha value is -1.55. The quantitative estimate of drug-likeness (QED) is 0.847. The highest BCUT2D eigenvalue weighted by molar-refractivity contribution is 5.52. The first-order valence-corrected chi connectivity index (χ1v) is 6.28. The van der Waals surface area contributed by atoms with E-state index in [0.717, 1.165) is 17.9 Å². The zero-order valence-corrected chi connectivity index (χ0v) is 9.89. The Balaban J connectivity index is 1.76. The maximum Gasteiger partial charge on any atom is 0.138 e. The number of nitrogen functional groups attached to an aromatic ring is 1. The topological polar surface area (TPSA) is 55.4 Å². The molecule has 0 spiro atoms. The molecule has 0 atom stereocenters. The zero-order chi connectivity index (χ0) is 11.7. The summed E-state index contributed by atoms with van der Waals surface area (Å²) in [5.41, 5.74) is 8.63. The van der Waals surface area contributed by atoms with Gasteiger partial charge in [-0.05, 0) is 18.9 Å². The summed E-state index contributed by atoms with van der Waals surface area (Å²) in [6.07, 6.45) is 9.26. The van der Waals surface area contributed by atoms with E-state index in [9.17, 15) is 0 Å². The second-order valence-corrected chi connectivity index (χ2v) is 4.80. The normalized spacial score (nSPS) is 16.9. The predicted octanol–water partition coefficient (Wildman–Crippen LogP) is 1.95. The Morgan fingerprint density at radius 1 is 1.41 bits per heavy atom. The molecule has 0 amide bonds. The summed E-state index contributed by atoms with van der Waals surface area (Å²) >= 11 is 0. The fourth-order valence-electron chi connectivity index (χ4n) is 2.56. The molecule has 0 aliphatic heterocycles. The average molecular weight is 230 g/mol. The van der Waals surface area contributed by atoms with E-state index >= 15 is 0 Å². The van der Waals surface area contributed by atoms with Gasteiger partial charge in [-0.25, -0.2) is 4.98 Å². The number of pyridine rings is 1. The van der Waals surface area contributed by atoms with Crippen molar-refractivity contribution in [1.82, 2.24) is 14.7 Å². The second kappa shape index (κ2) is 4.37. The molecular weight excluding hydrogens is 212 g/mol. The average Bonchev–Trinajstić information content (AvgIpc) is 2.94. The van der Waals surface area contributed by atoms with E-state index in [1.54, 1.807) is 0 Å². The van der Waals surface area contributed by atoms with Gasteiger partial charge in [0.25, 0.3) is 0 Å². The molecule has 0 unspecified atom stereocenters. The van der Waals surface area contributed by atoms with Crippen LogP contribution in [0.4, 0.5) is 5.69 Å². The van der Waals surface area contributed by atoms with Gasteiger partial charge in [-0.1, -0.05) is 12.8 Å². The van der Waals surface area contributed by atoms with Crippen LogP contribution in [0, 0.1) is 0 Å². The van der Waals surface area contributed by atoms with Crippen molar-refractivity contribution < 1.29 is 0 Å². The van der Waals surface area contributed by atoms with Gasteiger partial charge in [-0.2, -0.15) is 0 Å². The molecule has 4 nitrogen and oxygen atoms in total. The van der Waals surface area contributed by atoms with Gasteiger partial charge in [0.15, 0.2) is 0 Å². The molecule has 3 N–H and O–H groups in total. The molecule has 0 bridgehead atoms. The molecule has 0 aromatic carbocycles. The van der Waals surface area contributed by atoms with Gasteiger partial charge in [0, 0.05) is 30.5 Å². The molecule has 1 fully saturated rings. The molecule has 1 aliphatic carbocycles. The Bertz CT molecular complexity index is 511. The minimum absolute atomic E-state index is 0.689. The van der Waals surface area contributed by atoms with Gasteiger partial charge in [-0.15, -0.1) is 0 Å². The van der Waals surface area contributed by atoms with E-state index in [1.165, 1.54) is 31.4 Å². The SMILES string of the molecule is Nc1ccn2c(CNC3CCCC3)cnc2c1. The van der Waals surface area contributed by atoms with Gasteiger partial charge in [-0.3, -0.25) is 0 Å². The molecule has 0 saturated heterocycles. The maximum atomic E-state index is 5.74. The van der Waals surface area contributed by atoms with Crippen LogP contribution < -0.4 is 11.1 Å². The van der Waals surface area contributed by atoms with Crippen LogP contribution in [0.2, 0.25) is 0 Å². The third kappa shape index (κ3) is 2.13. The fraction of sp³-hybridized carbons (Fsp3) is 0.462. The Kier molecular flexibility index (Phi) is 2.73. The van der Waals surface area contributed by atoms with Gasteiger partial charge < -0.3 is 15.5 Å². The third-order valence-corrected chi connectivity index (χ3v) is 3.54. The van der Waals surface area contributed by atoms with E-state index in [-0.39, 0.29) is 0 Å². The molecule has 1 aliphatic rings. The number of nitrogens with one attached hydrogen (secondary N) is 1. The molecule has 0 radical (unpaired) electrons. The summed E-state index contributed by atoms with van der Waals surface area (Å²) in [5, 5.41) is 3.60. The van der Waals surface area contributed by atoms with Gasteiger partial charge in [0.1, 0.15) is 5.65 Å². The van der Waals surface area contributed by atoms with Crippen molar-refractivity contribution in [1.29, 1.82) is 0 Å². The summed E-state index contributed by atoms with van der Waals surface area (Å²) in [4.78, 5) is 4.37. The van der Waals surface area contributed by atoms with Crippen molar-refractivity contribution in [2.75, 3.05) is 5.73 Å². The number of nitrogens with two attached hydrogens (primary N) is 1. The van der Waals surface area contributed by atoms with E-state index in [2.05, 4.69) is 14.7 Å². The lowest BCUT2D eigenvalue weighted by Gasteiger charge is -2.11. The van der Waals surface area contributed by atoms with Crippen molar-refractivity contribution in [3.05, 3.63) is 30.2 Å². The molecule has 3 rings (SSSR count). The predicted molar refractivity (Wildman–Crippen MR) is 68.7 cm³/mol. The van der Waals surface area contributed by atoms with E-state index in [0.29, 0.717) is 6.04 Å². The first-order chi connectivity index (χ1) is 8.33. The lowest BCUT2D eigenvalue weighted by molar-refractivity contribution is 0.518. The van der Waals surface area contributed by atoms with Crippen LogP contribution in [0.1, 0.15) is 31.4 Å². The molecule has 90 valence electrons. The van der Waals surface area contributed by atoms with Crippen molar-refractivity contribution >= 4 is 11.3 Å². The lowest BCUT2D eigenvalue weighted by atomic mass is 10.2. The van der Waals surface area contributed by atoms with Crippen LogP contribution in [0.15, 0.2) is 24.5 Å². The zero-order valence-electron chi connectivity index (χ0n) is 9.89. The summed E-state index contributed by atoms with van der Waals surface area (Å²) < 4.78 is 2.10. The molecular formula is C13H18N4. The number of rotatable bonds is 3. The summed E-state index contributed by atoms with van der Waals surface area (Å²) in [6, 6.07) is 4.50. The van der Waals surface area contributed by atoms with Crippen LogP contribution >= 0.6 is 0 Å². The molecule has 4 heteroatoms. The molecule has 17 heavy (non-hydrogen) atoms. The van der Waals surface area contributed by atoms with Crippen LogP contribution in [-0.4, -0.2) is 15.4 Å². The number of hydrogen-bond donors (Lipinski definition) is 2. The first kappa shape index (κ1) is 10.6. The number of fused-ring (bicyclic) bond motifs is 1. The highest BCUT2D eigenvalue weighted by Crippen LogP contribution is 2.18. The van der Waals surface area contributed by atoms with Crippen LogP contribution in [0.25, 0.3) is 5.65 Å². The molecule has 1 saturated carbocycles. The Morgan fingerprint density at radius 3 is 3.06 bits per heavy atom. The maximum absolute atomic E-state index is 5.74. The second-order valence-electron chi connectivity index (χ2n) is 4.80. The van der Waals surface area contributed by atoms with Crippen LogP contribution in [-0.2, 0) is 6.54 Å². The number of aromatic nitrogens is 2. The number of anilines is 1. The highest BCUT2D eigenvalue weighted by Gasteiger charge is 2.14. The minimum Gasteiger partial charge on any atom is -0.399 e. The lowest BCUT2D eigenvalue weighted by Crippen LogP contribution is -2.25. The summed E-state index contributed by atoms with van der Waals surface area (Å²) in [7, 11) is 0.